The summed E-state index contributed by atoms with van der Waals surface area (Å²) in [7, 11) is 0. The summed E-state index contributed by atoms with van der Waals surface area (Å²) < 4.78 is 0. The summed E-state index contributed by atoms with van der Waals surface area (Å²) in [6.45, 7) is 0. The Morgan fingerprint density at radius 3 is 2.45 bits per heavy atom. The fourth-order valence-corrected chi connectivity index (χ4v) is 2.85. The van der Waals surface area contributed by atoms with Crippen LogP contribution in [-0.2, 0) is 4.79 Å². The molecule has 3 heteroatoms. The highest BCUT2D eigenvalue weighted by molar-refractivity contribution is 5.80. The molecule has 1 heterocycles. The maximum atomic E-state index is 12.6. The molecule has 3 rings (SSSR count). The van der Waals surface area contributed by atoms with Crippen molar-refractivity contribution in [2.24, 2.45) is 5.92 Å². The Morgan fingerprint density at radius 1 is 1.05 bits per heavy atom. The van der Waals surface area contributed by atoms with E-state index in [0.717, 1.165) is 30.4 Å². The Balaban J connectivity index is 1.83. The molecule has 0 saturated heterocycles. The first-order valence-electron chi connectivity index (χ1n) is 7.75. The van der Waals surface area contributed by atoms with Crippen molar-refractivity contribution in [1.82, 2.24) is 10.3 Å². The predicted molar refractivity (Wildman–Crippen MR) is 87.1 cm³/mol. The Labute approximate surface area is 131 Å². The normalized spacial score (nSPS) is 18.6. The molecule has 1 amide bonds. The third-order valence-electron chi connectivity index (χ3n) is 4.10. The van der Waals surface area contributed by atoms with Crippen molar-refractivity contribution < 1.29 is 4.79 Å². The summed E-state index contributed by atoms with van der Waals surface area (Å²) >= 11 is 0. The van der Waals surface area contributed by atoms with E-state index in [9.17, 15) is 4.79 Å². The van der Waals surface area contributed by atoms with Gasteiger partial charge in [0.25, 0.3) is 0 Å². The zero-order valence-corrected chi connectivity index (χ0v) is 12.5. The number of carbonyl (C=O) groups excluding carboxylic acids is 1. The average molecular weight is 292 g/mol. The highest BCUT2D eigenvalue weighted by Gasteiger charge is 2.23. The van der Waals surface area contributed by atoms with Crippen LogP contribution in [0.3, 0.4) is 0 Å². The fraction of sp³-hybridized carbons (Fsp3) is 0.263. The quantitative estimate of drug-likeness (QED) is 0.874. The number of carbonyl (C=O) groups is 1. The number of benzene rings is 1. The van der Waals surface area contributed by atoms with Crippen molar-refractivity contribution in [3.63, 3.8) is 0 Å². The molecule has 2 atom stereocenters. The predicted octanol–water partition coefficient (Wildman–Crippen LogP) is 3.64. The summed E-state index contributed by atoms with van der Waals surface area (Å²) in [4.78, 5) is 16.7. The Morgan fingerprint density at radius 2 is 1.77 bits per heavy atom. The summed E-state index contributed by atoms with van der Waals surface area (Å²) in [6.07, 6.45) is 10.5. The number of allylic oxidation sites excluding steroid dienone is 2. The number of nitrogens with zero attached hydrogens (tertiary/aromatic N) is 1. The standard InChI is InChI=1S/C19H20N2O/c22-19(17-9-5-2-6-10-17)21-18(15-7-3-1-4-8-15)16-11-13-20-14-12-16/h1-5,7-8,11-14,17-18H,6,9-10H2,(H,21,22). The van der Waals surface area contributed by atoms with Gasteiger partial charge in [-0.15, -0.1) is 0 Å². The second-order valence-electron chi connectivity index (χ2n) is 5.61. The molecule has 0 fully saturated rings. The molecule has 1 aromatic heterocycles. The van der Waals surface area contributed by atoms with Crippen LogP contribution in [0.4, 0.5) is 0 Å². The lowest BCUT2D eigenvalue weighted by Crippen LogP contribution is -2.35. The van der Waals surface area contributed by atoms with Gasteiger partial charge in [0.1, 0.15) is 0 Å². The Bertz CT molecular complexity index is 597. The fourth-order valence-electron chi connectivity index (χ4n) is 2.85. The molecule has 1 aromatic carbocycles. The van der Waals surface area contributed by atoms with Crippen LogP contribution in [0.5, 0.6) is 0 Å². The Kier molecular flexibility index (Phi) is 4.64. The van der Waals surface area contributed by atoms with Gasteiger partial charge >= 0.3 is 0 Å². The molecule has 2 unspecified atom stereocenters. The van der Waals surface area contributed by atoms with Gasteiger partial charge < -0.3 is 5.32 Å². The van der Waals surface area contributed by atoms with Crippen LogP contribution in [0.15, 0.2) is 67.0 Å². The number of rotatable bonds is 4. The second-order valence-corrected chi connectivity index (χ2v) is 5.61. The zero-order chi connectivity index (χ0) is 15.2. The van der Waals surface area contributed by atoms with Crippen molar-refractivity contribution in [2.75, 3.05) is 0 Å². The first kappa shape index (κ1) is 14.5. The molecule has 3 nitrogen and oxygen atoms in total. The van der Waals surface area contributed by atoms with E-state index in [2.05, 4.69) is 22.5 Å². The van der Waals surface area contributed by atoms with Crippen LogP contribution in [0.2, 0.25) is 0 Å². The lowest BCUT2D eigenvalue weighted by Gasteiger charge is -2.24. The van der Waals surface area contributed by atoms with Gasteiger partial charge in [-0.2, -0.15) is 0 Å². The average Bonchev–Trinajstić information content (AvgIpc) is 2.62. The van der Waals surface area contributed by atoms with Crippen LogP contribution < -0.4 is 5.32 Å². The molecule has 0 aliphatic heterocycles. The number of pyridine rings is 1. The monoisotopic (exact) mass is 292 g/mol. The minimum absolute atomic E-state index is 0.0815. The molecule has 1 aliphatic rings. The number of aromatic nitrogens is 1. The molecule has 1 N–H and O–H groups in total. The molecular formula is C19H20N2O. The summed E-state index contributed by atoms with van der Waals surface area (Å²) in [5, 5.41) is 3.22. The van der Waals surface area contributed by atoms with Crippen LogP contribution in [-0.4, -0.2) is 10.9 Å². The number of hydrogen-bond acceptors (Lipinski definition) is 2. The first-order chi connectivity index (χ1) is 10.8. The molecule has 2 aromatic rings. The molecule has 22 heavy (non-hydrogen) atoms. The van der Waals surface area contributed by atoms with Crippen molar-refractivity contribution in [3.05, 3.63) is 78.1 Å². The second kappa shape index (κ2) is 7.03. The SMILES string of the molecule is O=C(NC(c1ccccc1)c1ccncc1)C1CC=CCC1. The van der Waals surface area contributed by atoms with Crippen LogP contribution in [0.1, 0.15) is 36.4 Å². The van der Waals surface area contributed by atoms with Gasteiger partial charge in [-0.3, -0.25) is 9.78 Å². The van der Waals surface area contributed by atoms with E-state index >= 15 is 0 Å². The lowest BCUT2D eigenvalue weighted by atomic mass is 9.92. The molecule has 0 saturated carbocycles. The summed E-state index contributed by atoms with van der Waals surface area (Å²) in [5.41, 5.74) is 2.15. The van der Waals surface area contributed by atoms with Crippen LogP contribution >= 0.6 is 0 Å². The molecule has 112 valence electrons. The van der Waals surface area contributed by atoms with E-state index in [4.69, 9.17) is 0 Å². The smallest absolute Gasteiger partial charge is 0.224 e. The van der Waals surface area contributed by atoms with E-state index in [1.165, 1.54) is 0 Å². The maximum absolute atomic E-state index is 12.6. The van der Waals surface area contributed by atoms with Gasteiger partial charge in [0.05, 0.1) is 6.04 Å². The molecule has 0 bridgehead atoms. The lowest BCUT2D eigenvalue weighted by molar-refractivity contribution is -0.125. The summed E-state index contributed by atoms with van der Waals surface area (Å²) in [6, 6.07) is 13.9. The van der Waals surface area contributed by atoms with Crippen LogP contribution in [0, 0.1) is 5.92 Å². The van der Waals surface area contributed by atoms with Crippen molar-refractivity contribution >= 4 is 5.91 Å². The van der Waals surface area contributed by atoms with Gasteiger partial charge in [0.2, 0.25) is 5.91 Å². The largest absolute Gasteiger partial charge is 0.345 e. The van der Waals surface area contributed by atoms with E-state index in [-0.39, 0.29) is 17.9 Å². The number of hydrogen-bond donors (Lipinski definition) is 1. The van der Waals surface area contributed by atoms with E-state index in [1.807, 2.05) is 42.5 Å². The summed E-state index contributed by atoms with van der Waals surface area (Å²) in [5.74, 6) is 0.216. The van der Waals surface area contributed by atoms with Crippen molar-refractivity contribution in [1.29, 1.82) is 0 Å². The number of nitrogens with one attached hydrogen (secondary N) is 1. The van der Waals surface area contributed by atoms with Gasteiger partial charge in [0.15, 0.2) is 0 Å². The van der Waals surface area contributed by atoms with Gasteiger partial charge in [-0.1, -0.05) is 42.5 Å². The molecule has 0 radical (unpaired) electrons. The minimum Gasteiger partial charge on any atom is -0.345 e. The molecular weight excluding hydrogens is 272 g/mol. The van der Waals surface area contributed by atoms with Gasteiger partial charge in [-0.25, -0.2) is 0 Å². The topological polar surface area (TPSA) is 42.0 Å². The third-order valence-corrected chi connectivity index (χ3v) is 4.10. The minimum atomic E-state index is -0.123. The third kappa shape index (κ3) is 3.42. The van der Waals surface area contributed by atoms with E-state index in [0.29, 0.717) is 0 Å². The number of amides is 1. The zero-order valence-electron chi connectivity index (χ0n) is 12.5. The van der Waals surface area contributed by atoms with E-state index < -0.39 is 0 Å². The van der Waals surface area contributed by atoms with Crippen molar-refractivity contribution in [3.8, 4) is 0 Å². The first-order valence-corrected chi connectivity index (χ1v) is 7.75. The van der Waals surface area contributed by atoms with Gasteiger partial charge in [0, 0.05) is 18.3 Å². The highest BCUT2D eigenvalue weighted by atomic mass is 16.1. The van der Waals surface area contributed by atoms with Crippen molar-refractivity contribution in [2.45, 2.75) is 25.3 Å². The van der Waals surface area contributed by atoms with Crippen LogP contribution in [0.25, 0.3) is 0 Å². The van der Waals surface area contributed by atoms with Gasteiger partial charge in [-0.05, 0) is 42.5 Å². The highest BCUT2D eigenvalue weighted by Crippen LogP contribution is 2.24. The maximum Gasteiger partial charge on any atom is 0.224 e. The van der Waals surface area contributed by atoms with E-state index in [1.54, 1.807) is 12.4 Å². The molecule has 0 spiro atoms. The molecule has 1 aliphatic carbocycles. The Hall–Kier alpha value is -2.42.